The summed E-state index contributed by atoms with van der Waals surface area (Å²) in [6.07, 6.45) is 1.89. The molecule has 3 aromatic carbocycles. The van der Waals surface area contributed by atoms with Crippen molar-refractivity contribution >= 4 is 0 Å². The van der Waals surface area contributed by atoms with Gasteiger partial charge in [-0.2, -0.15) is 0 Å². The van der Waals surface area contributed by atoms with E-state index in [0.29, 0.717) is 18.0 Å². The first-order valence-corrected chi connectivity index (χ1v) is 10.0. The number of fused-ring (bicyclic) bond motifs is 3. The number of hydrogen-bond acceptors (Lipinski definition) is 4. The van der Waals surface area contributed by atoms with Crippen LogP contribution in [0.3, 0.4) is 0 Å². The second kappa shape index (κ2) is 9.70. The summed E-state index contributed by atoms with van der Waals surface area (Å²) in [7, 11) is 0. The van der Waals surface area contributed by atoms with Crippen molar-refractivity contribution in [3.63, 3.8) is 0 Å². The molecule has 4 heteroatoms. The van der Waals surface area contributed by atoms with E-state index in [2.05, 4.69) is 48.5 Å². The van der Waals surface area contributed by atoms with E-state index in [1.165, 1.54) is 22.3 Å². The Kier molecular flexibility index (Phi) is 6.57. The van der Waals surface area contributed by atoms with Crippen LogP contribution in [0.25, 0.3) is 11.1 Å². The van der Waals surface area contributed by atoms with Crippen LogP contribution in [0, 0.1) is 0 Å². The Balaban J connectivity index is 0.000000112. The van der Waals surface area contributed by atoms with E-state index in [-0.39, 0.29) is 0 Å². The van der Waals surface area contributed by atoms with Crippen molar-refractivity contribution in [2.45, 2.75) is 18.6 Å². The Morgan fingerprint density at radius 1 is 0.690 bits per heavy atom. The van der Waals surface area contributed by atoms with Gasteiger partial charge in [0.15, 0.2) is 0 Å². The molecule has 3 aromatic rings. The quantitative estimate of drug-likeness (QED) is 0.523. The van der Waals surface area contributed by atoms with Crippen molar-refractivity contribution in [1.82, 2.24) is 0 Å². The molecule has 6 rings (SSSR count). The monoisotopic (exact) mass is 390 g/mol. The second-order valence-corrected chi connectivity index (χ2v) is 7.27. The zero-order valence-corrected chi connectivity index (χ0v) is 16.4. The maximum atomic E-state index is 8.63. The van der Waals surface area contributed by atoms with Gasteiger partial charge in [-0.05, 0) is 40.8 Å². The van der Waals surface area contributed by atoms with Gasteiger partial charge in [0, 0.05) is 0 Å². The molecular formula is C25H26O4. The van der Waals surface area contributed by atoms with E-state index >= 15 is 0 Å². The zero-order chi connectivity index (χ0) is 19.9. The molecule has 1 N–H and O–H groups in total. The van der Waals surface area contributed by atoms with Crippen LogP contribution in [0.1, 0.15) is 11.1 Å². The number of phenolic OH excluding ortho intramolecular Hbond substituents is 1. The lowest BCUT2D eigenvalue weighted by atomic mass is 10.1. The van der Waals surface area contributed by atoms with Crippen molar-refractivity contribution < 1.29 is 19.3 Å². The first-order chi connectivity index (χ1) is 14.3. The lowest BCUT2D eigenvalue weighted by molar-refractivity contribution is 0.102. The predicted octanol–water partition coefficient (Wildman–Crippen LogP) is 4.45. The van der Waals surface area contributed by atoms with E-state index in [1.807, 2.05) is 6.07 Å². The Bertz CT molecular complexity index is 846. The molecule has 29 heavy (non-hydrogen) atoms. The molecule has 2 aliphatic heterocycles. The van der Waals surface area contributed by atoms with E-state index < -0.39 is 0 Å². The second-order valence-electron chi connectivity index (χ2n) is 7.27. The summed E-state index contributed by atoms with van der Waals surface area (Å²) in [5, 5.41) is 8.63. The maximum Gasteiger partial charge on any atom is 0.115 e. The van der Waals surface area contributed by atoms with Crippen LogP contribution in [0.4, 0.5) is 0 Å². The van der Waals surface area contributed by atoms with Gasteiger partial charge in [0.25, 0.3) is 0 Å². The molecule has 0 aromatic heterocycles. The third-order valence-electron chi connectivity index (χ3n) is 4.87. The smallest absolute Gasteiger partial charge is 0.115 e. The lowest BCUT2D eigenvalue weighted by Gasteiger charge is -1.98. The highest BCUT2D eigenvalue weighted by molar-refractivity contribution is 5.76. The molecule has 150 valence electrons. The fraction of sp³-hybridized carbons (Fsp3) is 0.280. The molecule has 2 heterocycles. The van der Waals surface area contributed by atoms with E-state index in [9.17, 15) is 0 Å². The molecule has 2 unspecified atom stereocenters. The summed E-state index contributed by atoms with van der Waals surface area (Å²) in [5.74, 6) is 0.322. The van der Waals surface area contributed by atoms with Crippen LogP contribution in [0.5, 0.6) is 5.75 Å². The van der Waals surface area contributed by atoms with Gasteiger partial charge in [0.2, 0.25) is 0 Å². The summed E-state index contributed by atoms with van der Waals surface area (Å²) >= 11 is 0. The number of epoxide rings is 2. The Morgan fingerprint density at radius 2 is 1.14 bits per heavy atom. The first-order valence-electron chi connectivity index (χ1n) is 10.0. The predicted molar refractivity (Wildman–Crippen MR) is 113 cm³/mol. The van der Waals surface area contributed by atoms with Gasteiger partial charge in [0.1, 0.15) is 18.0 Å². The number of ether oxygens (including phenoxy) is 3. The summed E-state index contributed by atoms with van der Waals surface area (Å²) < 4.78 is 15.1. The SMILES string of the molecule is C(OCC1CO1)C1CO1.Oc1ccccc1.c1ccc2c(c1)Cc1ccccc1-2. The standard InChI is InChI=1S/C13H10.C6H10O3.C6H6O/c1-3-7-12-10(5-1)9-11-6-2-4-8-13(11)12;1(5-3-8-5)7-2-6-4-9-6;7-6-4-2-1-3-5-6/h1-8H,9H2;5-6H,1-4H2;1-5,7H. The van der Waals surface area contributed by atoms with Gasteiger partial charge in [0.05, 0.1) is 26.4 Å². The molecule has 2 atom stereocenters. The van der Waals surface area contributed by atoms with Gasteiger partial charge >= 0.3 is 0 Å². The molecule has 0 saturated carbocycles. The maximum absolute atomic E-state index is 8.63. The van der Waals surface area contributed by atoms with E-state index in [1.54, 1.807) is 24.3 Å². The highest BCUT2D eigenvalue weighted by atomic mass is 16.6. The first kappa shape index (κ1) is 19.6. The molecule has 2 saturated heterocycles. The van der Waals surface area contributed by atoms with Crippen LogP contribution in [-0.4, -0.2) is 43.7 Å². The largest absolute Gasteiger partial charge is 0.508 e. The number of benzene rings is 3. The number of aromatic hydroxyl groups is 1. The van der Waals surface area contributed by atoms with Crippen LogP contribution in [0.2, 0.25) is 0 Å². The topological polar surface area (TPSA) is 54.5 Å². The third-order valence-corrected chi connectivity index (χ3v) is 4.87. The lowest BCUT2D eigenvalue weighted by Crippen LogP contribution is -2.06. The third kappa shape index (κ3) is 6.16. The van der Waals surface area contributed by atoms with Crippen LogP contribution >= 0.6 is 0 Å². The van der Waals surface area contributed by atoms with Gasteiger partial charge < -0.3 is 19.3 Å². The molecule has 0 spiro atoms. The normalized spacial score (nSPS) is 19.6. The number of phenols is 1. The molecule has 1 aliphatic carbocycles. The zero-order valence-electron chi connectivity index (χ0n) is 16.4. The minimum atomic E-state index is 0.322. The number of rotatable bonds is 4. The molecule has 0 radical (unpaired) electrons. The molecule has 0 amide bonds. The molecular weight excluding hydrogens is 364 g/mol. The summed E-state index contributed by atoms with van der Waals surface area (Å²) in [5.41, 5.74) is 5.75. The molecule has 4 nitrogen and oxygen atoms in total. The van der Waals surface area contributed by atoms with E-state index in [4.69, 9.17) is 19.3 Å². The van der Waals surface area contributed by atoms with Gasteiger partial charge in [-0.1, -0.05) is 66.7 Å². The highest BCUT2D eigenvalue weighted by Crippen LogP contribution is 2.35. The van der Waals surface area contributed by atoms with Crippen LogP contribution < -0.4 is 0 Å². The molecule has 3 aliphatic rings. The highest BCUT2D eigenvalue weighted by Gasteiger charge is 2.26. The van der Waals surface area contributed by atoms with Crippen molar-refractivity contribution in [2.75, 3.05) is 26.4 Å². The number of hydrogen-bond donors (Lipinski definition) is 1. The van der Waals surface area contributed by atoms with Gasteiger partial charge in [-0.3, -0.25) is 0 Å². The van der Waals surface area contributed by atoms with E-state index in [0.717, 1.165) is 32.8 Å². The summed E-state index contributed by atoms with van der Waals surface area (Å²) in [6, 6.07) is 26.0. The average molecular weight is 390 g/mol. The van der Waals surface area contributed by atoms with Gasteiger partial charge in [-0.15, -0.1) is 0 Å². The number of para-hydroxylation sites is 1. The molecule has 2 fully saturated rings. The van der Waals surface area contributed by atoms with Crippen LogP contribution in [0.15, 0.2) is 78.9 Å². The Morgan fingerprint density at radius 3 is 1.55 bits per heavy atom. The van der Waals surface area contributed by atoms with Crippen molar-refractivity contribution in [3.8, 4) is 16.9 Å². The Hall–Kier alpha value is -2.66. The average Bonchev–Trinajstić information content (AvgIpc) is 3.69. The minimum absolute atomic E-state index is 0.322. The Labute approximate surface area is 171 Å². The fourth-order valence-corrected chi connectivity index (χ4v) is 3.17. The summed E-state index contributed by atoms with van der Waals surface area (Å²) in [4.78, 5) is 0. The van der Waals surface area contributed by atoms with Crippen molar-refractivity contribution in [3.05, 3.63) is 90.0 Å². The van der Waals surface area contributed by atoms with Crippen molar-refractivity contribution in [2.24, 2.45) is 0 Å². The van der Waals surface area contributed by atoms with Gasteiger partial charge in [-0.25, -0.2) is 0 Å². The summed E-state index contributed by atoms with van der Waals surface area (Å²) in [6.45, 7) is 3.26. The minimum Gasteiger partial charge on any atom is -0.508 e. The fourth-order valence-electron chi connectivity index (χ4n) is 3.17. The molecule has 0 bridgehead atoms. The van der Waals surface area contributed by atoms with Crippen molar-refractivity contribution in [1.29, 1.82) is 0 Å². The van der Waals surface area contributed by atoms with Crippen LogP contribution in [-0.2, 0) is 20.6 Å².